The third kappa shape index (κ3) is 2.51. The number of aromatic nitrogens is 1. The topological polar surface area (TPSA) is 56.9 Å². The normalized spacial score (nSPS) is 12.6. The maximum absolute atomic E-state index is 9.82. The average Bonchev–Trinajstić information content (AvgIpc) is 2.68. The van der Waals surface area contributed by atoms with Crippen LogP contribution in [0.5, 0.6) is 0 Å². The van der Waals surface area contributed by atoms with Crippen molar-refractivity contribution >= 4 is 44.1 Å². The van der Waals surface area contributed by atoms with Crippen LogP contribution in [0.3, 0.4) is 0 Å². The zero-order valence-corrected chi connectivity index (χ0v) is 11.3. The van der Waals surface area contributed by atoms with Crippen molar-refractivity contribution in [2.24, 2.45) is 0 Å². The minimum absolute atomic E-state index is 0.356. The van der Waals surface area contributed by atoms with Crippen molar-refractivity contribution < 1.29 is 5.11 Å². The molecule has 0 aliphatic carbocycles. The third-order valence-electron chi connectivity index (χ3n) is 2.18. The van der Waals surface area contributed by atoms with E-state index < -0.39 is 6.10 Å². The molecule has 2 rings (SSSR count). The molecule has 0 saturated carbocycles. The molecule has 1 heterocycles. The molecule has 0 radical (unpaired) electrons. The Morgan fingerprint density at radius 2 is 2.38 bits per heavy atom. The van der Waals surface area contributed by atoms with Crippen LogP contribution >= 0.6 is 33.9 Å². The molecule has 0 fully saturated rings. The van der Waals surface area contributed by atoms with E-state index in [1.165, 1.54) is 11.3 Å². The highest BCUT2D eigenvalue weighted by Crippen LogP contribution is 2.29. The van der Waals surface area contributed by atoms with Gasteiger partial charge in [-0.1, -0.05) is 0 Å². The Morgan fingerprint density at radius 1 is 1.56 bits per heavy atom. The zero-order chi connectivity index (χ0) is 11.5. The fraction of sp³-hybridized carbons (Fsp3) is 0.273. The molecule has 0 aliphatic rings. The maximum Gasteiger partial charge on any atom is 0.123 e. The third-order valence-corrected chi connectivity index (χ3v) is 3.97. The monoisotopic (exact) mass is 344 g/mol. The summed E-state index contributed by atoms with van der Waals surface area (Å²) >= 11 is 3.75. The highest BCUT2D eigenvalue weighted by atomic mass is 127. The second-order valence-electron chi connectivity index (χ2n) is 3.38. The molecule has 16 heavy (non-hydrogen) atoms. The molecule has 1 aromatic carbocycles. The first-order valence-electron chi connectivity index (χ1n) is 4.81. The van der Waals surface area contributed by atoms with Gasteiger partial charge in [0.1, 0.15) is 11.1 Å². The van der Waals surface area contributed by atoms with Gasteiger partial charge in [0.2, 0.25) is 0 Å². The summed E-state index contributed by atoms with van der Waals surface area (Å²) in [6, 6.07) is 8.02. The summed E-state index contributed by atoms with van der Waals surface area (Å²) in [6.07, 6.45) is 0.192. The van der Waals surface area contributed by atoms with Crippen LogP contribution in [0.1, 0.15) is 24.0 Å². The van der Waals surface area contributed by atoms with Gasteiger partial charge in [-0.3, -0.25) is 0 Å². The Balaban J connectivity index is 2.29. The van der Waals surface area contributed by atoms with Crippen LogP contribution in [-0.2, 0) is 0 Å². The highest BCUT2D eigenvalue weighted by molar-refractivity contribution is 14.1. The molecule has 0 aliphatic heterocycles. The van der Waals surface area contributed by atoms with E-state index in [4.69, 9.17) is 5.26 Å². The molecular weight excluding hydrogens is 335 g/mol. The lowest BCUT2D eigenvalue weighted by Gasteiger charge is -2.02. The molecule has 0 unspecified atom stereocenters. The molecule has 0 saturated heterocycles. The van der Waals surface area contributed by atoms with Gasteiger partial charge in [-0.2, -0.15) is 5.26 Å². The summed E-state index contributed by atoms with van der Waals surface area (Å²) in [7, 11) is 0. The number of halogens is 1. The summed E-state index contributed by atoms with van der Waals surface area (Å²) < 4.78 is 2.24. The van der Waals surface area contributed by atoms with Gasteiger partial charge in [0.05, 0.1) is 16.3 Å². The average molecular weight is 344 g/mol. The van der Waals surface area contributed by atoms with Gasteiger partial charge >= 0.3 is 0 Å². The fourth-order valence-corrected chi connectivity index (χ4v) is 3.11. The minimum Gasteiger partial charge on any atom is -0.386 e. The number of benzene rings is 1. The van der Waals surface area contributed by atoms with E-state index in [-0.39, 0.29) is 0 Å². The van der Waals surface area contributed by atoms with Crippen LogP contribution < -0.4 is 0 Å². The highest BCUT2D eigenvalue weighted by Gasteiger charge is 2.12. The first kappa shape index (κ1) is 11.8. The lowest BCUT2D eigenvalue weighted by atomic mass is 10.2. The number of nitrogens with zero attached hydrogens (tertiary/aromatic N) is 2. The number of thiazole rings is 1. The standard InChI is InChI=1S/C11H9IN2OS/c12-7-3-4-8-10(6-7)16-11(14-8)9(15)2-1-5-13/h3-4,6,9,15H,1-2H2/t9-/m0/s1. The van der Waals surface area contributed by atoms with Crippen LogP contribution in [0.2, 0.25) is 0 Å². The Bertz CT molecular complexity index is 546. The second kappa shape index (κ2) is 5.08. The molecule has 1 atom stereocenters. The molecule has 1 N–H and O–H groups in total. The van der Waals surface area contributed by atoms with Gasteiger partial charge in [0, 0.05) is 9.99 Å². The summed E-state index contributed by atoms with van der Waals surface area (Å²) in [6.45, 7) is 0. The van der Waals surface area contributed by atoms with Gasteiger partial charge in [-0.15, -0.1) is 11.3 Å². The van der Waals surface area contributed by atoms with Gasteiger partial charge in [-0.25, -0.2) is 4.98 Å². The van der Waals surface area contributed by atoms with Crippen molar-refractivity contribution in [1.82, 2.24) is 4.98 Å². The predicted molar refractivity (Wildman–Crippen MR) is 72.1 cm³/mol. The summed E-state index contributed by atoms with van der Waals surface area (Å²) in [4.78, 5) is 4.36. The molecule has 0 spiro atoms. The molecule has 2 aromatic rings. The van der Waals surface area contributed by atoms with Crippen LogP contribution in [0, 0.1) is 14.9 Å². The number of hydrogen-bond acceptors (Lipinski definition) is 4. The number of nitriles is 1. The van der Waals surface area contributed by atoms with Crippen molar-refractivity contribution in [3.8, 4) is 6.07 Å². The summed E-state index contributed by atoms with van der Waals surface area (Å²) in [5, 5.41) is 19.0. The Morgan fingerprint density at radius 3 is 3.12 bits per heavy atom. The second-order valence-corrected chi connectivity index (χ2v) is 5.68. The van der Waals surface area contributed by atoms with E-state index >= 15 is 0 Å². The molecule has 0 bridgehead atoms. The SMILES string of the molecule is N#CCC[C@H](O)c1nc2ccc(I)cc2s1. The van der Waals surface area contributed by atoms with E-state index in [0.717, 1.165) is 13.8 Å². The van der Waals surface area contributed by atoms with E-state index in [1.807, 2.05) is 24.3 Å². The van der Waals surface area contributed by atoms with Crippen LogP contribution in [0.4, 0.5) is 0 Å². The van der Waals surface area contributed by atoms with Crippen molar-refractivity contribution in [1.29, 1.82) is 5.26 Å². The van der Waals surface area contributed by atoms with E-state index in [2.05, 4.69) is 27.6 Å². The number of aliphatic hydroxyl groups is 1. The fourth-order valence-electron chi connectivity index (χ4n) is 1.38. The van der Waals surface area contributed by atoms with Gasteiger partial charge < -0.3 is 5.11 Å². The smallest absolute Gasteiger partial charge is 0.123 e. The van der Waals surface area contributed by atoms with Gasteiger partial charge in [0.25, 0.3) is 0 Å². The first-order chi connectivity index (χ1) is 7.70. The van der Waals surface area contributed by atoms with Crippen molar-refractivity contribution in [3.05, 3.63) is 26.8 Å². The molecule has 1 aromatic heterocycles. The lowest BCUT2D eigenvalue weighted by Crippen LogP contribution is -1.95. The van der Waals surface area contributed by atoms with Crippen LogP contribution in [0.15, 0.2) is 18.2 Å². The number of aliphatic hydroxyl groups excluding tert-OH is 1. The first-order valence-corrected chi connectivity index (χ1v) is 6.71. The van der Waals surface area contributed by atoms with Gasteiger partial charge in [-0.05, 0) is 47.2 Å². The Kier molecular flexibility index (Phi) is 3.74. The van der Waals surface area contributed by atoms with Crippen molar-refractivity contribution in [2.75, 3.05) is 0 Å². The largest absolute Gasteiger partial charge is 0.386 e. The lowest BCUT2D eigenvalue weighted by molar-refractivity contribution is 0.169. The molecule has 0 amide bonds. The number of hydrogen-bond donors (Lipinski definition) is 1. The van der Waals surface area contributed by atoms with Crippen molar-refractivity contribution in [2.45, 2.75) is 18.9 Å². The predicted octanol–water partition coefficient (Wildman–Crippen LogP) is 3.24. The van der Waals surface area contributed by atoms with E-state index in [9.17, 15) is 5.11 Å². The summed E-state index contributed by atoms with van der Waals surface area (Å²) in [5.74, 6) is 0. The van der Waals surface area contributed by atoms with E-state index in [1.54, 1.807) is 0 Å². The maximum atomic E-state index is 9.82. The molecule has 3 nitrogen and oxygen atoms in total. The van der Waals surface area contributed by atoms with Gasteiger partial charge in [0.15, 0.2) is 0 Å². The van der Waals surface area contributed by atoms with Crippen LogP contribution in [0.25, 0.3) is 10.2 Å². The van der Waals surface area contributed by atoms with E-state index in [0.29, 0.717) is 17.8 Å². The molecular formula is C11H9IN2OS. The minimum atomic E-state index is -0.616. The Hall–Kier alpha value is -0.710. The molecule has 5 heteroatoms. The Labute approximate surface area is 111 Å². The van der Waals surface area contributed by atoms with Crippen molar-refractivity contribution in [3.63, 3.8) is 0 Å². The molecule has 82 valence electrons. The zero-order valence-electron chi connectivity index (χ0n) is 8.35. The van der Waals surface area contributed by atoms with Crippen LogP contribution in [-0.4, -0.2) is 10.1 Å². The number of fused-ring (bicyclic) bond motifs is 1. The quantitative estimate of drug-likeness (QED) is 0.870. The summed E-state index contributed by atoms with van der Waals surface area (Å²) in [5.41, 5.74) is 0.913. The number of rotatable bonds is 3.